The fourth-order valence-corrected chi connectivity index (χ4v) is 2.20. The number of esters is 1. The van der Waals surface area contributed by atoms with Crippen molar-refractivity contribution in [1.29, 1.82) is 0 Å². The minimum absolute atomic E-state index is 0.124. The summed E-state index contributed by atoms with van der Waals surface area (Å²) >= 11 is 5.97. The van der Waals surface area contributed by atoms with Crippen molar-refractivity contribution in [3.05, 3.63) is 28.8 Å². The van der Waals surface area contributed by atoms with Gasteiger partial charge < -0.3 is 15.2 Å². The summed E-state index contributed by atoms with van der Waals surface area (Å²) in [6.45, 7) is 3.46. The molecule has 2 N–H and O–H groups in total. The minimum atomic E-state index is -0.124. The number of halogens is 1. The third-order valence-electron chi connectivity index (χ3n) is 3.02. The lowest BCUT2D eigenvalue weighted by Gasteiger charge is -2.11. The predicted octanol–water partition coefficient (Wildman–Crippen LogP) is 3.34. The third kappa shape index (κ3) is 7.34. The van der Waals surface area contributed by atoms with E-state index in [1.807, 2.05) is 25.1 Å². The number of rotatable bonds is 10. The zero-order valence-electron chi connectivity index (χ0n) is 12.6. The number of nitrogens with two attached hydrogens (primary N) is 1. The molecule has 0 radical (unpaired) electrons. The highest BCUT2D eigenvalue weighted by Gasteiger charge is 2.05. The van der Waals surface area contributed by atoms with Gasteiger partial charge in [0.05, 0.1) is 13.2 Å². The smallest absolute Gasteiger partial charge is 0.305 e. The number of carbonyl (C=O) groups is 1. The van der Waals surface area contributed by atoms with Crippen molar-refractivity contribution in [3.8, 4) is 5.75 Å². The highest BCUT2D eigenvalue weighted by Crippen LogP contribution is 2.23. The van der Waals surface area contributed by atoms with E-state index in [1.54, 1.807) is 0 Å². The molecule has 0 heterocycles. The van der Waals surface area contributed by atoms with Crippen molar-refractivity contribution in [2.24, 2.45) is 5.73 Å². The summed E-state index contributed by atoms with van der Waals surface area (Å²) in [5.74, 6) is 0.719. The van der Waals surface area contributed by atoms with Gasteiger partial charge in [-0.2, -0.15) is 0 Å². The van der Waals surface area contributed by atoms with Crippen molar-refractivity contribution < 1.29 is 14.3 Å². The topological polar surface area (TPSA) is 61.5 Å². The Morgan fingerprint density at radius 2 is 2.10 bits per heavy atom. The van der Waals surface area contributed by atoms with Crippen molar-refractivity contribution in [1.82, 2.24) is 0 Å². The van der Waals surface area contributed by atoms with E-state index in [-0.39, 0.29) is 5.97 Å². The molecule has 0 aliphatic heterocycles. The van der Waals surface area contributed by atoms with E-state index in [4.69, 9.17) is 26.8 Å². The molecule has 0 amide bonds. The molecule has 0 saturated carbocycles. The molecule has 1 rings (SSSR count). The Balaban J connectivity index is 2.25. The van der Waals surface area contributed by atoms with Crippen LogP contribution in [0.2, 0.25) is 5.02 Å². The van der Waals surface area contributed by atoms with Crippen LogP contribution in [-0.2, 0) is 16.0 Å². The first-order valence-electron chi connectivity index (χ1n) is 7.44. The number of hydrogen-bond acceptors (Lipinski definition) is 4. The number of hydrogen-bond donors (Lipinski definition) is 1. The molecule has 118 valence electrons. The molecule has 4 nitrogen and oxygen atoms in total. The summed E-state index contributed by atoms with van der Waals surface area (Å²) in [5, 5.41) is 0.695. The number of ether oxygens (including phenoxy) is 2. The van der Waals surface area contributed by atoms with Crippen molar-refractivity contribution in [2.75, 3.05) is 19.8 Å². The van der Waals surface area contributed by atoms with Gasteiger partial charge in [-0.25, -0.2) is 0 Å². The molecule has 0 aliphatic carbocycles. The second-order valence-electron chi connectivity index (χ2n) is 4.75. The standard InChI is InChI=1S/C16H24ClNO3/c1-2-20-16(19)6-4-3-5-11-21-15-8-7-14(17)12-13(15)9-10-18/h7-8,12H,2-6,9-11,18H2,1H3. The third-order valence-corrected chi connectivity index (χ3v) is 3.26. The average Bonchev–Trinajstić information content (AvgIpc) is 2.45. The lowest BCUT2D eigenvalue weighted by atomic mass is 10.1. The Morgan fingerprint density at radius 3 is 2.81 bits per heavy atom. The summed E-state index contributed by atoms with van der Waals surface area (Å²) < 4.78 is 10.6. The fourth-order valence-electron chi connectivity index (χ4n) is 2.00. The molecule has 0 aromatic heterocycles. The Morgan fingerprint density at radius 1 is 1.29 bits per heavy atom. The fraction of sp³-hybridized carbons (Fsp3) is 0.562. The molecule has 1 aromatic rings. The van der Waals surface area contributed by atoms with Gasteiger partial charge >= 0.3 is 5.97 Å². The van der Waals surface area contributed by atoms with Gasteiger partial charge in [0.1, 0.15) is 5.75 Å². The van der Waals surface area contributed by atoms with E-state index >= 15 is 0 Å². The highest BCUT2D eigenvalue weighted by molar-refractivity contribution is 6.30. The van der Waals surface area contributed by atoms with E-state index in [9.17, 15) is 4.79 Å². The van der Waals surface area contributed by atoms with Gasteiger partial charge in [0, 0.05) is 11.4 Å². The second-order valence-corrected chi connectivity index (χ2v) is 5.19. The first kappa shape index (κ1) is 17.8. The highest BCUT2D eigenvalue weighted by atomic mass is 35.5. The van der Waals surface area contributed by atoms with Crippen LogP contribution in [0.5, 0.6) is 5.75 Å². The van der Waals surface area contributed by atoms with Crippen LogP contribution in [0.4, 0.5) is 0 Å². The molecular formula is C16H24ClNO3. The van der Waals surface area contributed by atoms with Gasteiger partial charge in [0.2, 0.25) is 0 Å². The van der Waals surface area contributed by atoms with E-state index in [1.165, 1.54) is 0 Å². The van der Waals surface area contributed by atoms with Gasteiger partial charge in [0.15, 0.2) is 0 Å². The van der Waals surface area contributed by atoms with E-state index in [2.05, 4.69) is 0 Å². The molecule has 21 heavy (non-hydrogen) atoms. The monoisotopic (exact) mass is 313 g/mol. The molecule has 1 aromatic carbocycles. The molecule has 0 fully saturated rings. The van der Waals surface area contributed by atoms with Crippen LogP contribution in [0.15, 0.2) is 18.2 Å². The molecule has 0 spiro atoms. The molecule has 0 unspecified atom stereocenters. The maximum Gasteiger partial charge on any atom is 0.305 e. The first-order valence-corrected chi connectivity index (χ1v) is 7.82. The van der Waals surface area contributed by atoms with Gasteiger partial charge in [-0.15, -0.1) is 0 Å². The quantitative estimate of drug-likeness (QED) is 0.531. The Labute approximate surface area is 131 Å². The van der Waals surface area contributed by atoms with Crippen LogP contribution in [-0.4, -0.2) is 25.7 Å². The lowest BCUT2D eigenvalue weighted by Crippen LogP contribution is -2.06. The summed E-state index contributed by atoms with van der Waals surface area (Å²) in [6, 6.07) is 5.59. The minimum Gasteiger partial charge on any atom is -0.493 e. The zero-order chi connectivity index (χ0) is 15.5. The molecule has 5 heteroatoms. The van der Waals surface area contributed by atoms with Crippen LogP contribution in [0.3, 0.4) is 0 Å². The molecular weight excluding hydrogens is 290 g/mol. The van der Waals surface area contributed by atoms with Crippen molar-refractivity contribution in [2.45, 2.75) is 39.0 Å². The number of unbranched alkanes of at least 4 members (excludes halogenated alkanes) is 2. The largest absolute Gasteiger partial charge is 0.493 e. The molecule has 0 saturated heterocycles. The maximum atomic E-state index is 11.2. The van der Waals surface area contributed by atoms with Crippen molar-refractivity contribution in [3.63, 3.8) is 0 Å². The summed E-state index contributed by atoms with van der Waals surface area (Å²) in [5.41, 5.74) is 6.62. The summed E-state index contributed by atoms with van der Waals surface area (Å²) in [4.78, 5) is 11.2. The van der Waals surface area contributed by atoms with Gasteiger partial charge in [-0.3, -0.25) is 4.79 Å². The molecule has 0 bridgehead atoms. The Hall–Kier alpha value is -1.26. The predicted molar refractivity (Wildman–Crippen MR) is 84.8 cm³/mol. The van der Waals surface area contributed by atoms with Crippen LogP contribution >= 0.6 is 11.6 Å². The van der Waals surface area contributed by atoms with E-state index < -0.39 is 0 Å². The second kappa shape index (κ2) is 10.5. The van der Waals surface area contributed by atoms with E-state index in [0.717, 1.165) is 37.0 Å². The summed E-state index contributed by atoms with van der Waals surface area (Å²) in [7, 11) is 0. The van der Waals surface area contributed by atoms with E-state index in [0.29, 0.717) is 31.2 Å². The average molecular weight is 314 g/mol. The SMILES string of the molecule is CCOC(=O)CCCCCOc1ccc(Cl)cc1CCN. The van der Waals surface area contributed by atoms with Gasteiger partial charge in [0.25, 0.3) is 0 Å². The normalized spacial score (nSPS) is 10.4. The first-order chi connectivity index (χ1) is 10.2. The number of carbonyl (C=O) groups excluding carboxylic acids is 1. The van der Waals surface area contributed by atoms with Crippen molar-refractivity contribution >= 4 is 17.6 Å². The molecule has 0 aliphatic rings. The Kier molecular flexibility index (Phi) is 8.87. The summed E-state index contributed by atoms with van der Waals surface area (Å²) in [6.07, 6.45) is 3.91. The Bertz CT molecular complexity index is 438. The van der Waals surface area contributed by atoms with Crippen LogP contribution in [0.1, 0.15) is 38.2 Å². The van der Waals surface area contributed by atoms with Crippen LogP contribution in [0, 0.1) is 0 Å². The van der Waals surface area contributed by atoms with Crippen LogP contribution in [0.25, 0.3) is 0 Å². The maximum absolute atomic E-state index is 11.2. The number of benzene rings is 1. The zero-order valence-corrected chi connectivity index (χ0v) is 13.3. The lowest BCUT2D eigenvalue weighted by molar-refractivity contribution is -0.143. The molecule has 0 atom stereocenters. The van der Waals surface area contributed by atoms with Gasteiger partial charge in [-0.1, -0.05) is 11.6 Å². The van der Waals surface area contributed by atoms with Gasteiger partial charge in [-0.05, 0) is 62.9 Å². The van der Waals surface area contributed by atoms with Crippen LogP contribution < -0.4 is 10.5 Å².